The Morgan fingerprint density at radius 1 is 1.45 bits per heavy atom. The van der Waals surface area contributed by atoms with Crippen LogP contribution >= 0.6 is 0 Å². The summed E-state index contributed by atoms with van der Waals surface area (Å²) in [4.78, 5) is 16.0. The molecule has 0 radical (unpaired) electrons. The van der Waals surface area contributed by atoms with Gasteiger partial charge in [0, 0.05) is 0 Å². The lowest BCUT2D eigenvalue weighted by molar-refractivity contribution is -0.125. The van der Waals surface area contributed by atoms with Crippen molar-refractivity contribution in [3.63, 3.8) is 0 Å². The SMILES string of the molecule is CC1CC(C(=O)NCc2noc(-c3ccccc3F)n2)CO1. The topological polar surface area (TPSA) is 77.3 Å². The Morgan fingerprint density at radius 2 is 2.27 bits per heavy atom. The molecule has 1 saturated heterocycles. The Hall–Kier alpha value is -2.28. The Balaban J connectivity index is 1.60. The summed E-state index contributed by atoms with van der Waals surface area (Å²) in [5, 5.41) is 6.49. The fourth-order valence-electron chi connectivity index (χ4n) is 2.38. The minimum atomic E-state index is -0.432. The number of aromatic nitrogens is 2. The van der Waals surface area contributed by atoms with Crippen LogP contribution < -0.4 is 5.32 Å². The van der Waals surface area contributed by atoms with Crippen LogP contribution in [0.2, 0.25) is 0 Å². The molecule has 1 aromatic carbocycles. The molecular formula is C15H16FN3O3. The van der Waals surface area contributed by atoms with Gasteiger partial charge in [0.25, 0.3) is 5.89 Å². The number of hydrogen-bond acceptors (Lipinski definition) is 5. The Morgan fingerprint density at radius 3 is 3.00 bits per heavy atom. The lowest BCUT2D eigenvalue weighted by Gasteiger charge is -2.07. The summed E-state index contributed by atoms with van der Waals surface area (Å²) in [7, 11) is 0. The summed E-state index contributed by atoms with van der Waals surface area (Å²) in [5.41, 5.74) is 0.241. The minimum Gasteiger partial charge on any atom is -0.378 e. The van der Waals surface area contributed by atoms with Gasteiger partial charge < -0.3 is 14.6 Å². The van der Waals surface area contributed by atoms with Crippen LogP contribution in [0.1, 0.15) is 19.2 Å². The van der Waals surface area contributed by atoms with Crippen LogP contribution in [0.5, 0.6) is 0 Å². The molecule has 0 aliphatic carbocycles. The summed E-state index contributed by atoms with van der Waals surface area (Å²) >= 11 is 0. The number of carbonyl (C=O) groups is 1. The Kier molecular flexibility index (Phi) is 4.15. The molecule has 2 aromatic rings. The number of halogens is 1. The first-order valence-electron chi connectivity index (χ1n) is 7.10. The Bertz CT molecular complexity index is 674. The zero-order valence-electron chi connectivity index (χ0n) is 12.1. The average Bonchev–Trinajstić information content (AvgIpc) is 3.14. The number of rotatable bonds is 4. The molecule has 2 atom stereocenters. The summed E-state index contributed by atoms with van der Waals surface area (Å²) in [5.74, 6) is -0.271. The van der Waals surface area contributed by atoms with E-state index in [1.807, 2.05) is 6.92 Å². The second kappa shape index (κ2) is 6.23. The van der Waals surface area contributed by atoms with Crippen LogP contribution in [0.25, 0.3) is 11.5 Å². The van der Waals surface area contributed by atoms with Gasteiger partial charge >= 0.3 is 0 Å². The van der Waals surface area contributed by atoms with E-state index in [-0.39, 0.29) is 35.9 Å². The number of carbonyl (C=O) groups excluding carboxylic acids is 1. The van der Waals surface area contributed by atoms with Crippen molar-refractivity contribution in [2.75, 3.05) is 6.61 Å². The number of nitrogens with one attached hydrogen (secondary N) is 1. The lowest BCUT2D eigenvalue weighted by Crippen LogP contribution is -2.30. The number of hydrogen-bond donors (Lipinski definition) is 1. The molecule has 0 bridgehead atoms. The maximum absolute atomic E-state index is 13.6. The van der Waals surface area contributed by atoms with E-state index < -0.39 is 5.82 Å². The summed E-state index contributed by atoms with van der Waals surface area (Å²) in [6.07, 6.45) is 0.812. The smallest absolute Gasteiger partial charge is 0.260 e. The maximum Gasteiger partial charge on any atom is 0.260 e. The highest BCUT2D eigenvalue weighted by molar-refractivity contribution is 5.78. The fourth-order valence-corrected chi connectivity index (χ4v) is 2.38. The highest BCUT2D eigenvalue weighted by Crippen LogP contribution is 2.21. The molecule has 22 heavy (non-hydrogen) atoms. The first-order chi connectivity index (χ1) is 10.6. The predicted molar refractivity (Wildman–Crippen MR) is 75.1 cm³/mol. The van der Waals surface area contributed by atoms with E-state index in [4.69, 9.17) is 9.26 Å². The van der Waals surface area contributed by atoms with Crippen molar-refractivity contribution in [1.82, 2.24) is 15.5 Å². The van der Waals surface area contributed by atoms with Gasteiger partial charge in [0.1, 0.15) is 5.82 Å². The number of nitrogens with zero attached hydrogens (tertiary/aromatic N) is 2. The average molecular weight is 305 g/mol. The molecule has 2 unspecified atom stereocenters. The summed E-state index contributed by atoms with van der Waals surface area (Å²) in [6, 6.07) is 6.15. The molecule has 2 heterocycles. The van der Waals surface area contributed by atoms with Crippen molar-refractivity contribution in [2.45, 2.75) is 26.0 Å². The van der Waals surface area contributed by atoms with Gasteiger partial charge in [-0.2, -0.15) is 4.98 Å². The van der Waals surface area contributed by atoms with Gasteiger partial charge in [0.05, 0.1) is 30.7 Å². The van der Waals surface area contributed by atoms with E-state index >= 15 is 0 Å². The first-order valence-corrected chi connectivity index (χ1v) is 7.10. The third kappa shape index (κ3) is 3.14. The monoisotopic (exact) mass is 305 g/mol. The zero-order chi connectivity index (χ0) is 15.5. The van der Waals surface area contributed by atoms with Crippen LogP contribution in [0.3, 0.4) is 0 Å². The highest BCUT2D eigenvalue weighted by atomic mass is 19.1. The van der Waals surface area contributed by atoms with Crippen molar-refractivity contribution in [3.05, 3.63) is 35.9 Å². The number of benzene rings is 1. The van der Waals surface area contributed by atoms with E-state index in [1.165, 1.54) is 6.07 Å². The number of ether oxygens (including phenoxy) is 1. The second-order valence-electron chi connectivity index (χ2n) is 5.29. The van der Waals surface area contributed by atoms with Crippen LogP contribution in [0.4, 0.5) is 4.39 Å². The summed E-state index contributed by atoms with van der Waals surface area (Å²) in [6.45, 7) is 2.51. The molecule has 116 valence electrons. The van der Waals surface area contributed by atoms with E-state index in [2.05, 4.69) is 15.5 Å². The van der Waals surface area contributed by atoms with Gasteiger partial charge in [-0.15, -0.1) is 0 Å². The minimum absolute atomic E-state index is 0.0957. The molecule has 1 aromatic heterocycles. The van der Waals surface area contributed by atoms with Crippen LogP contribution in [0.15, 0.2) is 28.8 Å². The van der Waals surface area contributed by atoms with Crippen molar-refractivity contribution in [3.8, 4) is 11.5 Å². The molecule has 0 saturated carbocycles. The molecule has 1 aliphatic rings. The standard InChI is InChI=1S/C15H16FN3O3/c1-9-6-10(8-21-9)14(20)17-7-13-18-15(22-19-13)11-4-2-3-5-12(11)16/h2-5,9-10H,6-8H2,1H3,(H,17,20). The van der Waals surface area contributed by atoms with Gasteiger partial charge in [0.15, 0.2) is 5.82 Å². The third-order valence-corrected chi connectivity index (χ3v) is 3.56. The molecule has 7 heteroatoms. The molecule has 1 aliphatic heterocycles. The quantitative estimate of drug-likeness (QED) is 0.933. The summed E-state index contributed by atoms with van der Waals surface area (Å²) < 4.78 is 24.0. The molecule has 6 nitrogen and oxygen atoms in total. The second-order valence-corrected chi connectivity index (χ2v) is 5.29. The lowest BCUT2D eigenvalue weighted by atomic mass is 10.1. The molecule has 3 rings (SSSR count). The van der Waals surface area contributed by atoms with E-state index in [0.717, 1.165) is 0 Å². The Labute approximate surface area is 126 Å². The van der Waals surface area contributed by atoms with Crippen molar-refractivity contribution in [1.29, 1.82) is 0 Å². The number of amides is 1. The van der Waals surface area contributed by atoms with E-state index in [0.29, 0.717) is 18.9 Å². The fraction of sp³-hybridized carbons (Fsp3) is 0.400. The first kappa shape index (κ1) is 14.6. The normalized spacial score (nSPS) is 21.0. The predicted octanol–water partition coefficient (Wildman–Crippen LogP) is 1.92. The molecule has 1 amide bonds. The van der Waals surface area contributed by atoms with Gasteiger partial charge in [0.2, 0.25) is 5.91 Å². The van der Waals surface area contributed by atoms with Crippen molar-refractivity contribution < 1.29 is 18.4 Å². The zero-order valence-corrected chi connectivity index (χ0v) is 12.1. The van der Waals surface area contributed by atoms with Crippen molar-refractivity contribution >= 4 is 5.91 Å². The molecular weight excluding hydrogens is 289 g/mol. The maximum atomic E-state index is 13.6. The van der Waals surface area contributed by atoms with Gasteiger partial charge in [-0.3, -0.25) is 4.79 Å². The van der Waals surface area contributed by atoms with Crippen molar-refractivity contribution in [2.24, 2.45) is 5.92 Å². The van der Waals surface area contributed by atoms with Crippen LogP contribution in [0, 0.1) is 11.7 Å². The van der Waals surface area contributed by atoms with Gasteiger partial charge in [-0.25, -0.2) is 4.39 Å². The van der Waals surface area contributed by atoms with Gasteiger partial charge in [-0.1, -0.05) is 17.3 Å². The van der Waals surface area contributed by atoms with Gasteiger partial charge in [-0.05, 0) is 25.5 Å². The molecule has 1 fully saturated rings. The van der Waals surface area contributed by atoms with E-state index in [1.54, 1.807) is 18.2 Å². The third-order valence-electron chi connectivity index (χ3n) is 3.56. The molecule has 1 N–H and O–H groups in total. The van der Waals surface area contributed by atoms with Crippen LogP contribution in [-0.4, -0.2) is 28.8 Å². The van der Waals surface area contributed by atoms with E-state index in [9.17, 15) is 9.18 Å². The van der Waals surface area contributed by atoms with Crippen LogP contribution in [-0.2, 0) is 16.1 Å². The molecule has 0 spiro atoms. The largest absolute Gasteiger partial charge is 0.378 e. The highest BCUT2D eigenvalue weighted by Gasteiger charge is 2.28.